The number of thiophene rings is 1. The van der Waals surface area contributed by atoms with Crippen LogP contribution in [0.2, 0.25) is 0 Å². The summed E-state index contributed by atoms with van der Waals surface area (Å²) < 4.78 is 14.7. The minimum Gasteiger partial charge on any atom is -0.508 e. The van der Waals surface area contributed by atoms with Gasteiger partial charge in [-0.25, -0.2) is 0 Å². The topological polar surface area (TPSA) is 59.8 Å². The number of aromatic hydroxyl groups is 1. The number of rotatable bonds is 10. The van der Waals surface area contributed by atoms with Crippen molar-refractivity contribution in [1.82, 2.24) is 14.7 Å². The molecule has 1 saturated heterocycles. The number of likely N-dealkylation sites (tertiary alicyclic amines) is 1. The fourth-order valence-corrected chi connectivity index (χ4v) is 6.61. The molecule has 3 heterocycles. The van der Waals surface area contributed by atoms with Crippen molar-refractivity contribution in [1.29, 1.82) is 0 Å². The number of benzene rings is 3. The average Bonchev–Trinajstić information content (AvgIpc) is 3.72. The van der Waals surface area contributed by atoms with Gasteiger partial charge in [-0.15, -0.1) is 11.3 Å². The van der Waals surface area contributed by atoms with Crippen LogP contribution in [0, 0.1) is 0 Å². The minimum absolute atomic E-state index is 0. The highest BCUT2D eigenvalue weighted by atomic mass is 32.1. The third kappa shape index (κ3) is 6.16. The van der Waals surface area contributed by atoms with Gasteiger partial charge in [-0.1, -0.05) is 19.6 Å². The highest BCUT2D eigenvalue weighted by Crippen LogP contribution is 2.42. The zero-order valence-electron chi connectivity index (χ0n) is 22.2. The SMILES string of the molecule is C.COc1cc(Cc2c(-c3ccc(OCCn4cccn4)cc3)sc3cc(O)ccc23)ccc1CN1CCCC1. The molecule has 5 aromatic rings. The third-order valence-electron chi connectivity index (χ3n) is 7.37. The Morgan fingerprint density at radius 1 is 1.00 bits per heavy atom. The van der Waals surface area contributed by atoms with Crippen molar-refractivity contribution in [2.45, 2.75) is 39.8 Å². The number of fused-ring (bicyclic) bond motifs is 1. The summed E-state index contributed by atoms with van der Waals surface area (Å²) in [5.41, 5.74) is 4.86. The number of phenolic OH excluding ortho intramolecular Hbond substituents is 1. The molecule has 0 unspecified atom stereocenters. The molecule has 1 aliphatic rings. The summed E-state index contributed by atoms with van der Waals surface area (Å²) in [6.07, 6.45) is 7.05. The molecular weight excluding hydrogens is 518 g/mol. The molecule has 6 rings (SSSR count). The summed E-state index contributed by atoms with van der Waals surface area (Å²) >= 11 is 1.72. The second-order valence-electron chi connectivity index (χ2n) is 10.0. The lowest BCUT2D eigenvalue weighted by Crippen LogP contribution is -2.18. The molecule has 1 N–H and O–H groups in total. The van der Waals surface area contributed by atoms with Crippen molar-refractivity contribution in [2.75, 3.05) is 26.8 Å². The van der Waals surface area contributed by atoms with Gasteiger partial charge in [0.25, 0.3) is 0 Å². The summed E-state index contributed by atoms with van der Waals surface area (Å²) in [6, 6.07) is 22.5. The van der Waals surface area contributed by atoms with E-state index in [1.807, 2.05) is 41.2 Å². The third-order valence-corrected chi connectivity index (χ3v) is 8.61. The molecule has 0 amide bonds. The van der Waals surface area contributed by atoms with Gasteiger partial charge in [-0.2, -0.15) is 5.10 Å². The number of methoxy groups -OCH3 is 1. The van der Waals surface area contributed by atoms with Crippen LogP contribution in [0.3, 0.4) is 0 Å². The minimum atomic E-state index is 0. The number of hydrogen-bond donors (Lipinski definition) is 1. The van der Waals surface area contributed by atoms with E-state index in [2.05, 4.69) is 40.3 Å². The molecule has 0 atom stereocenters. The Morgan fingerprint density at radius 3 is 2.58 bits per heavy atom. The monoisotopic (exact) mass is 555 g/mol. The standard InChI is InChI=1S/C32H33N3O3S.CH4/c1-37-30-20-23(5-6-25(30)22-34-14-2-3-15-34)19-29-28-12-9-26(36)21-31(28)39-32(29)24-7-10-27(11-8-24)38-18-17-35-16-4-13-33-35;/h4-13,16,20-21,36H,2-3,14-15,17-19,22H2,1H3;1H4. The van der Waals surface area contributed by atoms with E-state index in [1.165, 1.54) is 39.8 Å². The van der Waals surface area contributed by atoms with E-state index in [-0.39, 0.29) is 13.2 Å². The molecular formula is C33H37N3O3S. The van der Waals surface area contributed by atoms with Crippen LogP contribution < -0.4 is 9.47 Å². The van der Waals surface area contributed by atoms with Crippen LogP contribution in [0.4, 0.5) is 0 Å². The van der Waals surface area contributed by atoms with Crippen molar-refractivity contribution in [3.05, 3.63) is 95.8 Å². The van der Waals surface area contributed by atoms with Gasteiger partial charge < -0.3 is 14.6 Å². The van der Waals surface area contributed by atoms with Gasteiger partial charge in [0.2, 0.25) is 0 Å². The highest BCUT2D eigenvalue weighted by molar-refractivity contribution is 7.22. The molecule has 0 bridgehead atoms. The van der Waals surface area contributed by atoms with Crippen molar-refractivity contribution < 1.29 is 14.6 Å². The maximum Gasteiger partial charge on any atom is 0.123 e. The lowest BCUT2D eigenvalue weighted by molar-refractivity contribution is 0.291. The summed E-state index contributed by atoms with van der Waals surface area (Å²) in [5.74, 6) is 2.08. The molecule has 7 heteroatoms. The van der Waals surface area contributed by atoms with E-state index in [0.717, 1.165) is 47.8 Å². The predicted molar refractivity (Wildman–Crippen MR) is 164 cm³/mol. The smallest absolute Gasteiger partial charge is 0.123 e. The second kappa shape index (κ2) is 12.6. The van der Waals surface area contributed by atoms with Gasteiger partial charge >= 0.3 is 0 Å². The zero-order valence-corrected chi connectivity index (χ0v) is 23.0. The van der Waals surface area contributed by atoms with Crippen LogP contribution in [0.25, 0.3) is 20.5 Å². The molecule has 6 nitrogen and oxygen atoms in total. The van der Waals surface area contributed by atoms with Gasteiger partial charge in [-0.3, -0.25) is 9.58 Å². The van der Waals surface area contributed by atoms with E-state index in [0.29, 0.717) is 13.2 Å². The molecule has 40 heavy (non-hydrogen) atoms. The van der Waals surface area contributed by atoms with E-state index >= 15 is 0 Å². The molecule has 0 spiro atoms. The molecule has 1 aliphatic heterocycles. The van der Waals surface area contributed by atoms with Crippen molar-refractivity contribution >= 4 is 21.4 Å². The quantitative estimate of drug-likeness (QED) is 0.195. The normalized spacial score (nSPS) is 13.4. The van der Waals surface area contributed by atoms with Gasteiger partial charge in [0.05, 0.1) is 13.7 Å². The fourth-order valence-electron chi connectivity index (χ4n) is 5.35. The van der Waals surface area contributed by atoms with Crippen LogP contribution >= 0.6 is 11.3 Å². The molecule has 0 aliphatic carbocycles. The van der Waals surface area contributed by atoms with Crippen LogP contribution in [-0.2, 0) is 19.5 Å². The van der Waals surface area contributed by atoms with Crippen LogP contribution in [0.1, 0.15) is 37.0 Å². The first-order valence-corrected chi connectivity index (χ1v) is 14.3. The second-order valence-corrected chi connectivity index (χ2v) is 11.1. The molecule has 2 aromatic heterocycles. The Bertz CT molecular complexity index is 1540. The zero-order chi connectivity index (χ0) is 26.6. The average molecular weight is 556 g/mol. The van der Waals surface area contributed by atoms with Crippen LogP contribution in [-0.4, -0.2) is 46.6 Å². The van der Waals surface area contributed by atoms with Gasteiger partial charge in [0, 0.05) is 34.1 Å². The summed E-state index contributed by atoms with van der Waals surface area (Å²) in [6.45, 7) is 4.53. The molecule has 1 fully saturated rings. The molecule has 3 aromatic carbocycles. The Labute approximate surface area is 240 Å². The maximum absolute atomic E-state index is 10.2. The first kappa shape index (κ1) is 27.7. The summed E-state index contributed by atoms with van der Waals surface area (Å²) in [7, 11) is 1.76. The summed E-state index contributed by atoms with van der Waals surface area (Å²) in [4.78, 5) is 3.71. The molecule has 208 valence electrons. The van der Waals surface area contributed by atoms with E-state index < -0.39 is 0 Å². The molecule has 0 radical (unpaired) electrons. The van der Waals surface area contributed by atoms with Crippen molar-refractivity contribution in [3.63, 3.8) is 0 Å². The number of ether oxygens (including phenoxy) is 2. The largest absolute Gasteiger partial charge is 0.508 e. The van der Waals surface area contributed by atoms with E-state index in [1.54, 1.807) is 30.7 Å². The summed E-state index contributed by atoms with van der Waals surface area (Å²) in [5, 5.41) is 15.6. The van der Waals surface area contributed by atoms with Crippen molar-refractivity contribution in [2.24, 2.45) is 0 Å². The van der Waals surface area contributed by atoms with E-state index in [4.69, 9.17) is 9.47 Å². The van der Waals surface area contributed by atoms with Crippen LogP contribution in [0.5, 0.6) is 17.2 Å². The van der Waals surface area contributed by atoms with Gasteiger partial charge in [-0.05, 0) is 109 Å². The lowest BCUT2D eigenvalue weighted by Gasteiger charge is -2.18. The molecule has 0 saturated carbocycles. The Morgan fingerprint density at radius 2 is 1.82 bits per heavy atom. The fraction of sp³-hybridized carbons (Fsp3) is 0.303. The Kier molecular flexibility index (Phi) is 8.72. The van der Waals surface area contributed by atoms with E-state index in [9.17, 15) is 5.11 Å². The highest BCUT2D eigenvalue weighted by Gasteiger charge is 2.18. The predicted octanol–water partition coefficient (Wildman–Crippen LogP) is 7.38. The van der Waals surface area contributed by atoms with Gasteiger partial charge in [0.1, 0.15) is 23.9 Å². The Hall–Kier alpha value is -3.81. The first-order chi connectivity index (χ1) is 19.2. The lowest BCUT2D eigenvalue weighted by atomic mass is 9.97. The first-order valence-electron chi connectivity index (χ1n) is 13.5. The number of aromatic nitrogens is 2. The number of nitrogens with zero attached hydrogens (tertiary/aromatic N) is 3. The Balaban J connectivity index is 0.00000323. The number of hydrogen-bond acceptors (Lipinski definition) is 6. The number of phenols is 1. The van der Waals surface area contributed by atoms with Crippen molar-refractivity contribution in [3.8, 4) is 27.7 Å². The maximum atomic E-state index is 10.2. The van der Waals surface area contributed by atoms with Crippen LogP contribution in [0.15, 0.2) is 79.1 Å². The van der Waals surface area contributed by atoms with Gasteiger partial charge in [0.15, 0.2) is 0 Å².